The van der Waals surface area contributed by atoms with E-state index in [0.29, 0.717) is 17.2 Å². The number of rotatable bonds is 2. The van der Waals surface area contributed by atoms with E-state index in [1.165, 1.54) is 17.4 Å². The minimum absolute atomic E-state index is 0.373. The summed E-state index contributed by atoms with van der Waals surface area (Å²) in [5.41, 5.74) is 0.450. The number of fused-ring (bicyclic) bond motifs is 1. The van der Waals surface area contributed by atoms with Crippen molar-refractivity contribution in [3.05, 3.63) is 41.3 Å². The molecular weight excluding hydrogens is 268 g/mol. The molecule has 0 amide bonds. The second-order valence-electron chi connectivity index (χ2n) is 3.91. The minimum Gasteiger partial charge on any atom is -0.372 e. The van der Waals surface area contributed by atoms with Crippen molar-refractivity contribution >= 4 is 27.4 Å². The maximum Gasteiger partial charge on any atom is 0.163 e. The maximum absolute atomic E-state index is 13.3. The molecule has 1 aromatic carbocycles. The molecule has 0 bridgehead atoms. The van der Waals surface area contributed by atoms with Gasteiger partial charge in [0.1, 0.15) is 10.6 Å². The Morgan fingerprint density at radius 1 is 1.11 bits per heavy atom. The van der Waals surface area contributed by atoms with Gasteiger partial charge in [0.25, 0.3) is 0 Å². The molecule has 0 saturated heterocycles. The number of hydrogen-bond acceptors (Lipinski definition) is 4. The van der Waals surface area contributed by atoms with Crippen molar-refractivity contribution in [2.75, 3.05) is 12.4 Å². The Morgan fingerprint density at radius 2 is 1.95 bits per heavy atom. The van der Waals surface area contributed by atoms with Crippen molar-refractivity contribution in [3.8, 4) is 11.4 Å². The summed E-state index contributed by atoms with van der Waals surface area (Å²) in [4.78, 5) is 9.50. The molecule has 3 rings (SSSR count). The SMILES string of the molecule is CNc1nc(-c2ccc(F)c(F)c2)nc2sccc12. The second-order valence-corrected chi connectivity index (χ2v) is 4.81. The number of hydrogen-bond donors (Lipinski definition) is 1. The molecule has 6 heteroatoms. The highest BCUT2D eigenvalue weighted by molar-refractivity contribution is 7.16. The largest absolute Gasteiger partial charge is 0.372 e. The Morgan fingerprint density at radius 3 is 2.68 bits per heavy atom. The van der Waals surface area contributed by atoms with E-state index in [1.54, 1.807) is 7.05 Å². The van der Waals surface area contributed by atoms with Gasteiger partial charge in [-0.1, -0.05) is 0 Å². The Hall–Kier alpha value is -2.08. The summed E-state index contributed by atoms with van der Waals surface area (Å²) in [6.45, 7) is 0. The van der Waals surface area contributed by atoms with Gasteiger partial charge >= 0.3 is 0 Å². The zero-order valence-electron chi connectivity index (χ0n) is 9.95. The molecule has 0 fully saturated rings. The van der Waals surface area contributed by atoms with E-state index in [2.05, 4.69) is 15.3 Å². The molecular formula is C13H9F2N3S. The molecule has 0 atom stereocenters. The molecule has 0 radical (unpaired) electrons. The molecule has 3 aromatic rings. The zero-order valence-corrected chi connectivity index (χ0v) is 10.8. The third kappa shape index (κ3) is 2.04. The first-order valence-electron chi connectivity index (χ1n) is 5.57. The first-order chi connectivity index (χ1) is 9.19. The number of nitrogens with one attached hydrogen (secondary N) is 1. The van der Waals surface area contributed by atoms with Crippen LogP contribution in [-0.4, -0.2) is 17.0 Å². The summed E-state index contributed by atoms with van der Waals surface area (Å²) < 4.78 is 26.2. The van der Waals surface area contributed by atoms with Crippen LogP contribution in [0.5, 0.6) is 0 Å². The summed E-state index contributed by atoms with van der Waals surface area (Å²) in [5.74, 6) is -0.739. The van der Waals surface area contributed by atoms with Gasteiger partial charge in [0.2, 0.25) is 0 Å². The van der Waals surface area contributed by atoms with Crippen molar-refractivity contribution in [2.24, 2.45) is 0 Å². The number of thiophene rings is 1. The lowest BCUT2D eigenvalue weighted by atomic mass is 10.2. The number of aromatic nitrogens is 2. The third-order valence-electron chi connectivity index (χ3n) is 2.74. The molecule has 0 unspecified atom stereocenters. The predicted molar refractivity (Wildman–Crippen MR) is 72.3 cm³/mol. The second kappa shape index (κ2) is 4.55. The summed E-state index contributed by atoms with van der Waals surface area (Å²) in [6.07, 6.45) is 0. The van der Waals surface area contributed by atoms with Gasteiger partial charge in [-0.05, 0) is 29.6 Å². The highest BCUT2D eigenvalue weighted by atomic mass is 32.1. The van der Waals surface area contributed by atoms with E-state index in [0.717, 1.165) is 22.3 Å². The molecule has 0 aliphatic heterocycles. The van der Waals surface area contributed by atoms with Crippen LogP contribution < -0.4 is 5.32 Å². The van der Waals surface area contributed by atoms with E-state index in [-0.39, 0.29) is 0 Å². The minimum atomic E-state index is -0.904. The lowest BCUT2D eigenvalue weighted by molar-refractivity contribution is 0.509. The van der Waals surface area contributed by atoms with Crippen molar-refractivity contribution < 1.29 is 8.78 Å². The molecule has 1 N–H and O–H groups in total. The Bertz CT molecular complexity index is 755. The zero-order chi connectivity index (χ0) is 13.4. The van der Waals surface area contributed by atoms with Crippen LogP contribution >= 0.6 is 11.3 Å². The fourth-order valence-electron chi connectivity index (χ4n) is 1.81. The van der Waals surface area contributed by atoms with Crippen LogP contribution in [0.3, 0.4) is 0 Å². The lowest BCUT2D eigenvalue weighted by Crippen LogP contribution is -1.97. The molecule has 0 aliphatic rings. The van der Waals surface area contributed by atoms with Gasteiger partial charge in [0, 0.05) is 12.6 Å². The van der Waals surface area contributed by atoms with Gasteiger partial charge in [-0.15, -0.1) is 11.3 Å². The van der Waals surface area contributed by atoms with Crippen LogP contribution in [0, 0.1) is 11.6 Å². The number of anilines is 1. The van der Waals surface area contributed by atoms with Crippen molar-refractivity contribution in [1.29, 1.82) is 0 Å². The quantitative estimate of drug-likeness (QED) is 0.776. The Balaban J connectivity index is 2.21. The highest BCUT2D eigenvalue weighted by Crippen LogP contribution is 2.28. The van der Waals surface area contributed by atoms with Crippen LogP contribution in [0.15, 0.2) is 29.6 Å². The molecule has 3 nitrogen and oxygen atoms in total. The predicted octanol–water partition coefficient (Wildman–Crippen LogP) is 3.68. The number of benzene rings is 1. The molecule has 19 heavy (non-hydrogen) atoms. The van der Waals surface area contributed by atoms with Crippen molar-refractivity contribution in [3.63, 3.8) is 0 Å². The van der Waals surface area contributed by atoms with E-state index < -0.39 is 11.6 Å². The van der Waals surface area contributed by atoms with Gasteiger partial charge in [-0.2, -0.15) is 0 Å². The van der Waals surface area contributed by atoms with Crippen LogP contribution in [0.25, 0.3) is 21.6 Å². The summed E-state index contributed by atoms with van der Waals surface area (Å²) >= 11 is 1.47. The Labute approximate surface area is 111 Å². The van der Waals surface area contributed by atoms with Crippen molar-refractivity contribution in [1.82, 2.24) is 9.97 Å². The van der Waals surface area contributed by atoms with Crippen LogP contribution in [0.2, 0.25) is 0 Å². The monoisotopic (exact) mass is 277 g/mol. The number of halogens is 2. The van der Waals surface area contributed by atoms with Gasteiger partial charge in [0.05, 0.1) is 5.39 Å². The van der Waals surface area contributed by atoms with Gasteiger partial charge in [0.15, 0.2) is 17.5 Å². The highest BCUT2D eigenvalue weighted by Gasteiger charge is 2.11. The van der Waals surface area contributed by atoms with Crippen LogP contribution in [0.4, 0.5) is 14.6 Å². The molecule has 0 saturated carbocycles. The Kier molecular flexibility index (Phi) is 2.87. The fraction of sp³-hybridized carbons (Fsp3) is 0.0769. The average Bonchev–Trinajstić information content (AvgIpc) is 2.89. The van der Waals surface area contributed by atoms with E-state index in [4.69, 9.17) is 0 Å². The maximum atomic E-state index is 13.3. The molecule has 2 aromatic heterocycles. The molecule has 0 aliphatic carbocycles. The molecule has 96 valence electrons. The van der Waals surface area contributed by atoms with Crippen LogP contribution in [-0.2, 0) is 0 Å². The lowest BCUT2D eigenvalue weighted by Gasteiger charge is -2.05. The fourth-order valence-corrected chi connectivity index (χ4v) is 2.57. The van der Waals surface area contributed by atoms with Crippen molar-refractivity contribution in [2.45, 2.75) is 0 Å². The first-order valence-corrected chi connectivity index (χ1v) is 6.45. The third-order valence-corrected chi connectivity index (χ3v) is 3.55. The van der Waals surface area contributed by atoms with Crippen LogP contribution in [0.1, 0.15) is 0 Å². The molecule has 0 spiro atoms. The summed E-state index contributed by atoms with van der Waals surface area (Å²) in [7, 11) is 1.76. The van der Waals surface area contributed by atoms with Gasteiger partial charge < -0.3 is 5.32 Å². The van der Waals surface area contributed by atoms with E-state index >= 15 is 0 Å². The average molecular weight is 277 g/mol. The summed E-state index contributed by atoms with van der Waals surface area (Å²) in [6, 6.07) is 5.56. The normalized spacial score (nSPS) is 10.9. The topological polar surface area (TPSA) is 37.8 Å². The first kappa shape index (κ1) is 12.0. The smallest absolute Gasteiger partial charge is 0.163 e. The summed E-state index contributed by atoms with van der Waals surface area (Å²) in [5, 5.41) is 5.81. The van der Waals surface area contributed by atoms with Gasteiger partial charge in [-0.25, -0.2) is 18.7 Å². The van der Waals surface area contributed by atoms with E-state index in [9.17, 15) is 8.78 Å². The van der Waals surface area contributed by atoms with E-state index in [1.807, 2.05) is 11.4 Å². The number of nitrogens with zero attached hydrogens (tertiary/aromatic N) is 2. The molecule has 2 heterocycles. The standard InChI is InChI=1S/C13H9F2N3S/c1-16-12-8-4-5-19-13(8)18-11(17-12)7-2-3-9(14)10(15)6-7/h2-6H,1H3,(H,16,17,18). The van der Waals surface area contributed by atoms with Gasteiger partial charge in [-0.3, -0.25) is 0 Å².